The minimum Gasteiger partial charge on any atom is -0.236 e. The van der Waals surface area contributed by atoms with Crippen molar-refractivity contribution in [3.63, 3.8) is 0 Å². The molecular formula is C14H12BrClN2. The van der Waals surface area contributed by atoms with Gasteiger partial charge in [0.15, 0.2) is 0 Å². The maximum absolute atomic E-state index is 6.14. The molecule has 0 spiro atoms. The lowest BCUT2D eigenvalue weighted by Crippen LogP contribution is -2.14. The molecule has 92 valence electrons. The number of halogens is 2. The lowest BCUT2D eigenvalue weighted by atomic mass is 9.95. The van der Waals surface area contributed by atoms with Crippen molar-refractivity contribution in [3.8, 4) is 0 Å². The normalized spacial score (nSPS) is 16.6. The van der Waals surface area contributed by atoms with Crippen LogP contribution in [-0.2, 0) is 5.41 Å². The highest BCUT2D eigenvalue weighted by molar-refractivity contribution is 9.10. The fourth-order valence-corrected chi connectivity index (χ4v) is 2.66. The first-order valence-corrected chi connectivity index (χ1v) is 7.06. The molecule has 1 aliphatic rings. The van der Waals surface area contributed by atoms with Gasteiger partial charge < -0.3 is 0 Å². The van der Waals surface area contributed by atoms with Crippen LogP contribution >= 0.6 is 27.5 Å². The van der Waals surface area contributed by atoms with Gasteiger partial charge in [0.05, 0.1) is 15.6 Å². The average molecular weight is 324 g/mol. The van der Waals surface area contributed by atoms with Crippen LogP contribution in [0.2, 0.25) is 5.15 Å². The molecule has 0 amide bonds. The molecule has 1 saturated carbocycles. The van der Waals surface area contributed by atoms with Crippen LogP contribution in [0.25, 0.3) is 0 Å². The number of nitrogens with zero attached hydrogens (tertiary/aromatic N) is 2. The summed E-state index contributed by atoms with van der Waals surface area (Å²) in [5.74, 6) is 0.847. The Morgan fingerprint density at radius 2 is 1.83 bits per heavy atom. The Kier molecular flexibility index (Phi) is 2.91. The zero-order valence-corrected chi connectivity index (χ0v) is 12.3. The van der Waals surface area contributed by atoms with Gasteiger partial charge in [-0.1, -0.05) is 41.9 Å². The van der Waals surface area contributed by atoms with Crippen LogP contribution < -0.4 is 0 Å². The maximum atomic E-state index is 6.14. The monoisotopic (exact) mass is 322 g/mol. The molecule has 1 heterocycles. The first-order chi connectivity index (χ1) is 8.63. The quantitative estimate of drug-likeness (QED) is 0.771. The fourth-order valence-electron chi connectivity index (χ4n) is 2.26. The molecule has 1 aliphatic carbocycles. The Bertz CT molecular complexity index is 571. The first kappa shape index (κ1) is 12.1. The second-order valence-corrected chi connectivity index (χ2v) is 5.84. The van der Waals surface area contributed by atoms with Crippen LogP contribution in [0.5, 0.6) is 0 Å². The fraction of sp³-hybridized carbons (Fsp3) is 0.286. The largest absolute Gasteiger partial charge is 0.236 e. The van der Waals surface area contributed by atoms with Gasteiger partial charge in [0, 0.05) is 0 Å². The predicted molar refractivity (Wildman–Crippen MR) is 75.9 cm³/mol. The molecule has 0 aliphatic heterocycles. The average Bonchev–Trinajstić information content (AvgIpc) is 3.18. The van der Waals surface area contributed by atoms with E-state index in [2.05, 4.69) is 50.2 Å². The van der Waals surface area contributed by atoms with Crippen molar-refractivity contribution in [2.24, 2.45) is 0 Å². The Morgan fingerprint density at radius 3 is 2.39 bits per heavy atom. The highest BCUT2D eigenvalue weighted by Gasteiger charge is 2.48. The van der Waals surface area contributed by atoms with E-state index in [4.69, 9.17) is 11.6 Å². The third-order valence-corrected chi connectivity index (χ3v) is 4.93. The highest BCUT2D eigenvalue weighted by Crippen LogP contribution is 2.52. The smallest absolute Gasteiger partial charge is 0.147 e. The molecule has 0 bridgehead atoms. The highest BCUT2D eigenvalue weighted by atomic mass is 79.9. The molecular weight excluding hydrogens is 312 g/mol. The second kappa shape index (κ2) is 4.32. The summed E-state index contributed by atoms with van der Waals surface area (Å²) in [5, 5.41) is 0.500. The zero-order valence-electron chi connectivity index (χ0n) is 9.95. The maximum Gasteiger partial charge on any atom is 0.147 e. The van der Waals surface area contributed by atoms with Crippen molar-refractivity contribution in [1.29, 1.82) is 0 Å². The van der Waals surface area contributed by atoms with Gasteiger partial charge in [0.1, 0.15) is 11.0 Å². The van der Waals surface area contributed by atoms with Crippen LogP contribution in [0.15, 0.2) is 34.8 Å². The molecule has 3 rings (SSSR count). The third-order valence-electron chi connectivity index (χ3n) is 3.48. The molecule has 1 fully saturated rings. The van der Waals surface area contributed by atoms with E-state index >= 15 is 0 Å². The molecule has 1 aromatic heterocycles. The summed E-state index contributed by atoms with van der Waals surface area (Å²) in [5.41, 5.74) is 2.16. The summed E-state index contributed by atoms with van der Waals surface area (Å²) < 4.78 is 0.789. The number of aryl methyl sites for hydroxylation is 1. The molecule has 1 aromatic carbocycles. The summed E-state index contributed by atoms with van der Waals surface area (Å²) >= 11 is 9.54. The minimum absolute atomic E-state index is 0.0175. The van der Waals surface area contributed by atoms with Gasteiger partial charge in [-0.2, -0.15) is 0 Å². The molecule has 18 heavy (non-hydrogen) atoms. The van der Waals surface area contributed by atoms with E-state index in [0.29, 0.717) is 5.15 Å². The number of hydrogen-bond acceptors (Lipinski definition) is 2. The summed E-state index contributed by atoms with van der Waals surface area (Å²) in [6, 6.07) is 10.4. The Balaban J connectivity index is 2.11. The van der Waals surface area contributed by atoms with Gasteiger partial charge in [-0.25, -0.2) is 9.97 Å². The Hall–Kier alpha value is -0.930. The number of rotatable bonds is 2. The van der Waals surface area contributed by atoms with Gasteiger partial charge in [0.25, 0.3) is 0 Å². The van der Waals surface area contributed by atoms with Crippen molar-refractivity contribution in [2.45, 2.75) is 25.2 Å². The lowest BCUT2D eigenvalue weighted by molar-refractivity contribution is 0.745. The molecule has 4 heteroatoms. The van der Waals surface area contributed by atoms with Crippen LogP contribution in [0.4, 0.5) is 0 Å². The predicted octanol–water partition coefficient (Wildman–Crippen LogP) is 4.28. The van der Waals surface area contributed by atoms with E-state index in [1.807, 2.05) is 13.0 Å². The molecule has 0 radical (unpaired) electrons. The van der Waals surface area contributed by atoms with Gasteiger partial charge in [-0.3, -0.25) is 0 Å². The van der Waals surface area contributed by atoms with Crippen molar-refractivity contribution < 1.29 is 0 Å². The summed E-state index contributed by atoms with van der Waals surface area (Å²) in [4.78, 5) is 9.05. The summed E-state index contributed by atoms with van der Waals surface area (Å²) in [6.45, 7) is 1.95. The first-order valence-electron chi connectivity index (χ1n) is 5.89. The van der Waals surface area contributed by atoms with Gasteiger partial charge >= 0.3 is 0 Å². The van der Waals surface area contributed by atoms with Crippen molar-refractivity contribution in [1.82, 2.24) is 9.97 Å². The van der Waals surface area contributed by atoms with Gasteiger partial charge in [-0.15, -0.1) is 0 Å². The third kappa shape index (κ3) is 1.86. The minimum atomic E-state index is -0.0175. The van der Waals surface area contributed by atoms with E-state index in [0.717, 1.165) is 28.8 Å². The van der Waals surface area contributed by atoms with Crippen LogP contribution in [0.3, 0.4) is 0 Å². The van der Waals surface area contributed by atoms with Crippen molar-refractivity contribution in [3.05, 3.63) is 57.0 Å². The van der Waals surface area contributed by atoms with E-state index in [1.54, 1.807) is 0 Å². The van der Waals surface area contributed by atoms with Gasteiger partial charge in [0.2, 0.25) is 0 Å². The van der Waals surface area contributed by atoms with Crippen LogP contribution in [0.1, 0.15) is 29.9 Å². The second-order valence-electron chi connectivity index (χ2n) is 4.69. The van der Waals surface area contributed by atoms with E-state index < -0.39 is 0 Å². The van der Waals surface area contributed by atoms with Gasteiger partial charge in [-0.05, 0) is 41.3 Å². The van der Waals surface area contributed by atoms with Crippen LogP contribution in [0, 0.1) is 6.92 Å². The summed E-state index contributed by atoms with van der Waals surface area (Å²) in [7, 11) is 0. The molecule has 0 N–H and O–H groups in total. The topological polar surface area (TPSA) is 25.8 Å². The molecule has 2 aromatic rings. The van der Waals surface area contributed by atoms with E-state index in [1.165, 1.54) is 5.56 Å². The van der Waals surface area contributed by atoms with Crippen molar-refractivity contribution in [2.75, 3.05) is 0 Å². The number of aromatic nitrogens is 2. The zero-order chi connectivity index (χ0) is 12.8. The molecule has 0 unspecified atom stereocenters. The Morgan fingerprint density at radius 1 is 1.17 bits per heavy atom. The molecule has 0 saturated heterocycles. The number of hydrogen-bond donors (Lipinski definition) is 0. The van der Waals surface area contributed by atoms with Crippen LogP contribution in [-0.4, -0.2) is 9.97 Å². The molecule has 2 nitrogen and oxygen atoms in total. The lowest BCUT2D eigenvalue weighted by Gasteiger charge is -2.15. The van der Waals surface area contributed by atoms with E-state index in [-0.39, 0.29) is 5.41 Å². The number of benzene rings is 1. The Labute approximate surface area is 120 Å². The standard InChI is InChI=1S/C14H12BrClN2/c1-9-11(15)12(16)18-13(17-9)14(7-8-14)10-5-3-2-4-6-10/h2-6H,7-8H2,1H3. The summed E-state index contributed by atoms with van der Waals surface area (Å²) in [6.07, 6.45) is 2.18. The van der Waals surface area contributed by atoms with E-state index in [9.17, 15) is 0 Å². The molecule has 0 atom stereocenters. The van der Waals surface area contributed by atoms with Crippen molar-refractivity contribution >= 4 is 27.5 Å². The SMILES string of the molecule is Cc1nc(C2(c3ccccc3)CC2)nc(Cl)c1Br.